The lowest BCUT2D eigenvalue weighted by molar-refractivity contribution is -0.208. The lowest BCUT2D eigenvalue weighted by atomic mass is 9.88. The minimum atomic E-state index is -1.31. The molecule has 1 amide bonds. The Hall–Kier alpha value is -0.640. The van der Waals surface area contributed by atoms with E-state index in [4.69, 9.17) is 4.74 Å². The summed E-state index contributed by atoms with van der Waals surface area (Å²) >= 11 is 1.28. The Kier molecular flexibility index (Phi) is 8.03. The highest BCUT2D eigenvalue weighted by atomic mass is 32.2. The minimum absolute atomic E-state index is 0.0101. The maximum absolute atomic E-state index is 12.9. The maximum atomic E-state index is 12.9. The van der Waals surface area contributed by atoms with Crippen molar-refractivity contribution in [3.8, 4) is 0 Å². The van der Waals surface area contributed by atoms with E-state index < -0.39 is 35.9 Å². The van der Waals surface area contributed by atoms with Crippen LogP contribution < -0.4 is 10.6 Å². The summed E-state index contributed by atoms with van der Waals surface area (Å²) in [6.45, 7) is 4.72. The number of carbonyl (C=O) groups excluding carboxylic acids is 1. The van der Waals surface area contributed by atoms with E-state index >= 15 is 0 Å². The summed E-state index contributed by atoms with van der Waals surface area (Å²) in [5.74, 6) is 0.356. The molecule has 5 N–H and O–H groups in total. The predicted octanol–water partition coefficient (Wildman–Crippen LogP) is 0.776. The summed E-state index contributed by atoms with van der Waals surface area (Å²) in [4.78, 5) is 12.9. The van der Waals surface area contributed by atoms with Crippen LogP contribution in [0, 0.1) is 11.8 Å². The molecule has 1 aliphatic carbocycles. The van der Waals surface area contributed by atoms with Gasteiger partial charge in [-0.2, -0.15) is 0 Å². The zero-order valence-electron chi connectivity index (χ0n) is 17.6. The van der Waals surface area contributed by atoms with Crippen molar-refractivity contribution in [1.82, 2.24) is 10.6 Å². The molecule has 2 aliphatic heterocycles. The highest BCUT2D eigenvalue weighted by molar-refractivity contribution is 7.99. The molecule has 3 rings (SSSR count). The third-order valence-electron chi connectivity index (χ3n) is 6.49. The van der Waals surface area contributed by atoms with Crippen LogP contribution in [0.4, 0.5) is 0 Å². The van der Waals surface area contributed by atoms with E-state index in [1.165, 1.54) is 31.0 Å². The molecular formula is C21H36N2O5S. The average Bonchev–Trinajstić information content (AvgIpc) is 3.12. The molecule has 29 heavy (non-hydrogen) atoms. The molecule has 0 spiro atoms. The maximum Gasteiger partial charge on any atom is 0.237 e. The lowest BCUT2D eigenvalue weighted by Gasteiger charge is -2.44. The van der Waals surface area contributed by atoms with Crippen LogP contribution in [0.25, 0.3) is 0 Å². The number of nitrogens with one attached hydrogen (secondary N) is 2. The Bertz CT molecular complexity index is 594. The molecule has 3 fully saturated rings. The summed E-state index contributed by atoms with van der Waals surface area (Å²) < 4.78 is 5.88. The van der Waals surface area contributed by atoms with Crippen molar-refractivity contribution in [2.24, 2.45) is 11.8 Å². The fourth-order valence-electron chi connectivity index (χ4n) is 4.36. The molecule has 0 bridgehead atoms. The van der Waals surface area contributed by atoms with E-state index in [1.807, 2.05) is 13.8 Å². The largest absolute Gasteiger partial charge is 0.388 e. The van der Waals surface area contributed by atoms with Gasteiger partial charge in [-0.15, -0.1) is 11.8 Å². The van der Waals surface area contributed by atoms with Crippen molar-refractivity contribution in [1.29, 1.82) is 0 Å². The van der Waals surface area contributed by atoms with E-state index in [2.05, 4.69) is 16.7 Å². The molecular weight excluding hydrogens is 392 g/mol. The van der Waals surface area contributed by atoms with Crippen LogP contribution in [-0.2, 0) is 9.53 Å². The topological polar surface area (TPSA) is 111 Å². The van der Waals surface area contributed by atoms with Gasteiger partial charge in [-0.3, -0.25) is 4.79 Å². The van der Waals surface area contributed by atoms with E-state index in [9.17, 15) is 20.1 Å². The van der Waals surface area contributed by atoms with Crippen molar-refractivity contribution in [2.45, 2.75) is 87.9 Å². The van der Waals surface area contributed by atoms with Gasteiger partial charge in [-0.25, -0.2) is 0 Å². The monoisotopic (exact) mass is 428 g/mol. The number of aliphatic hydroxyl groups is 3. The molecule has 0 aromatic rings. The molecule has 2 heterocycles. The summed E-state index contributed by atoms with van der Waals surface area (Å²) in [7, 11) is 0. The van der Waals surface area contributed by atoms with Gasteiger partial charge in [0.2, 0.25) is 5.91 Å². The number of ether oxygens (including phenoxy) is 1. The van der Waals surface area contributed by atoms with E-state index in [0.717, 1.165) is 19.4 Å². The van der Waals surface area contributed by atoms with Gasteiger partial charge in [0.25, 0.3) is 0 Å². The SMILES string of the molecule is CS[C@H]1O[C@H](C(NC(=O)C2CC(CC=C3CCC3)CN2)C(C)C)[C@H](O)[C@H](O)[C@H]1O. The number of thioether (sulfide) groups is 1. The van der Waals surface area contributed by atoms with Crippen LogP contribution in [0.3, 0.4) is 0 Å². The average molecular weight is 429 g/mol. The number of amides is 1. The van der Waals surface area contributed by atoms with Gasteiger partial charge in [-0.05, 0) is 56.7 Å². The van der Waals surface area contributed by atoms with Crippen LogP contribution >= 0.6 is 11.8 Å². The van der Waals surface area contributed by atoms with Crippen LogP contribution in [0.1, 0.15) is 46.0 Å². The number of hydrogen-bond donors (Lipinski definition) is 5. The molecule has 0 radical (unpaired) electrons. The molecule has 3 unspecified atom stereocenters. The van der Waals surface area contributed by atoms with E-state index in [0.29, 0.717) is 5.92 Å². The zero-order valence-corrected chi connectivity index (χ0v) is 18.4. The molecule has 8 atom stereocenters. The third kappa shape index (κ3) is 5.35. The van der Waals surface area contributed by atoms with Gasteiger partial charge in [0.15, 0.2) is 0 Å². The Morgan fingerprint density at radius 3 is 2.59 bits per heavy atom. The molecule has 1 saturated carbocycles. The Balaban J connectivity index is 1.59. The fraction of sp³-hybridized carbons (Fsp3) is 0.857. The standard InChI is InChI=1S/C21H36N2O5S/c1-11(2)15(19-17(25)16(24)18(26)21(28-19)29-3)23-20(27)14-9-13(10-22-14)8-7-12-5-4-6-12/h7,11,13-19,21-22,24-26H,4-6,8-10H2,1-3H3,(H,23,27)/t13?,14?,15?,16-,17+,18+,19+,21+/m0/s1. The highest BCUT2D eigenvalue weighted by Crippen LogP contribution is 2.31. The second kappa shape index (κ2) is 10.1. The van der Waals surface area contributed by atoms with Crippen molar-refractivity contribution in [3.63, 3.8) is 0 Å². The van der Waals surface area contributed by atoms with Gasteiger partial charge < -0.3 is 30.7 Å². The number of aliphatic hydroxyl groups excluding tert-OH is 3. The Morgan fingerprint density at radius 2 is 2.00 bits per heavy atom. The van der Waals surface area contributed by atoms with Crippen LogP contribution in [0.2, 0.25) is 0 Å². The first-order valence-corrected chi connectivity index (χ1v) is 12.0. The Morgan fingerprint density at radius 1 is 1.28 bits per heavy atom. The quantitative estimate of drug-likeness (QED) is 0.381. The smallest absolute Gasteiger partial charge is 0.237 e. The van der Waals surface area contributed by atoms with Crippen molar-refractivity contribution in [2.75, 3.05) is 12.8 Å². The van der Waals surface area contributed by atoms with E-state index in [1.54, 1.807) is 11.8 Å². The van der Waals surface area contributed by atoms with Gasteiger partial charge >= 0.3 is 0 Å². The molecule has 0 aromatic heterocycles. The number of rotatable bonds is 7. The second-order valence-electron chi connectivity index (χ2n) is 8.97. The third-order valence-corrected chi connectivity index (χ3v) is 7.35. The fourth-order valence-corrected chi connectivity index (χ4v) is 5.04. The van der Waals surface area contributed by atoms with E-state index in [-0.39, 0.29) is 17.9 Å². The van der Waals surface area contributed by atoms with Gasteiger partial charge in [0.1, 0.15) is 29.9 Å². The van der Waals surface area contributed by atoms with Crippen LogP contribution in [0.5, 0.6) is 0 Å². The van der Waals surface area contributed by atoms with Gasteiger partial charge in [0, 0.05) is 0 Å². The molecule has 2 saturated heterocycles. The number of allylic oxidation sites excluding steroid dienone is 2. The van der Waals surface area contributed by atoms with Gasteiger partial charge in [0.05, 0.1) is 12.1 Å². The van der Waals surface area contributed by atoms with Gasteiger partial charge in [-0.1, -0.05) is 25.5 Å². The van der Waals surface area contributed by atoms with Crippen molar-refractivity contribution in [3.05, 3.63) is 11.6 Å². The normalized spacial score (nSPS) is 38.6. The van der Waals surface area contributed by atoms with Crippen molar-refractivity contribution < 1.29 is 24.9 Å². The zero-order chi connectivity index (χ0) is 21.1. The Labute approximate surface area is 177 Å². The summed E-state index contributed by atoms with van der Waals surface area (Å²) in [5.41, 5.74) is 0.899. The predicted molar refractivity (Wildman–Crippen MR) is 113 cm³/mol. The molecule has 8 heteroatoms. The lowest BCUT2D eigenvalue weighted by Crippen LogP contribution is -2.64. The first kappa shape index (κ1) is 23.0. The summed E-state index contributed by atoms with van der Waals surface area (Å²) in [5, 5.41) is 37.2. The summed E-state index contributed by atoms with van der Waals surface area (Å²) in [6, 6.07) is -0.721. The molecule has 3 aliphatic rings. The first-order chi connectivity index (χ1) is 13.8. The highest BCUT2D eigenvalue weighted by Gasteiger charge is 2.47. The van der Waals surface area contributed by atoms with Crippen LogP contribution in [-0.4, -0.2) is 76.0 Å². The van der Waals surface area contributed by atoms with Crippen LogP contribution in [0.15, 0.2) is 11.6 Å². The molecule has 0 aromatic carbocycles. The summed E-state index contributed by atoms with van der Waals surface area (Å²) in [6.07, 6.45) is 5.16. The first-order valence-electron chi connectivity index (χ1n) is 10.8. The minimum Gasteiger partial charge on any atom is -0.388 e. The molecule has 7 nitrogen and oxygen atoms in total. The number of hydrogen-bond acceptors (Lipinski definition) is 7. The second-order valence-corrected chi connectivity index (χ2v) is 9.91. The molecule has 166 valence electrons. The number of carbonyl (C=O) groups is 1. The van der Waals surface area contributed by atoms with Crippen molar-refractivity contribution >= 4 is 17.7 Å².